The highest BCUT2D eigenvalue weighted by molar-refractivity contribution is 9.10. The van der Waals surface area contributed by atoms with E-state index in [1.54, 1.807) is 32.9 Å². The molecule has 1 aliphatic carbocycles. The Morgan fingerprint density at radius 2 is 2.00 bits per heavy atom. The fourth-order valence-corrected chi connectivity index (χ4v) is 3.40. The average Bonchev–Trinajstić information content (AvgIpc) is 3.47. The lowest BCUT2D eigenvalue weighted by molar-refractivity contribution is -0.142. The highest BCUT2D eigenvalue weighted by Crippen LogP contribution is 2.47. The van der Waals surface area contributed by atoms with Crippen molar-refractivity contribution in [3.63, 3.8) is 0 Å². The van der Waals surface area contributed by atoms with Crippen LogP contribution in [0.1, 0.15) is 44.4 Å². The molecular formula is C21H23BrFN3O4. The second-order valence-corrected chi connectivity index (χ2v) is 8.99. The van der Waals surface area contributed by atoms with Crippen LogP contribution in [0, 0.1) is 11.7 Å². The number of hydrogen-bond donors (Lipinski definition) is 0. The van der Waals surface area contributed by atoms with Gasteiger partial charge in [0.15, 0.2) is 5.82 Å². The molecular weight excluding hydrogens is 457 g/mol. The van der Waals surface area contributed by atoms with Crippen LogP contribution in [0.4, 0.5) is 15.0 Å². The molecule has 160 valence electrons. The summed E-state index contributed by atoms with van der Waals surface area (Å²) in [7, 11) is 1.35. The lowest BCUT2D eigenvalue weighted by Crippen LogP contribution is -2.37. The van der Waals surface area contributed by atoms with Crippen molar-refractivity contribution in [2.45, 2.75) is 45.3 Å². The third-order valence-electron chi connectivity index (χ3n) is 4.56. The van der Waals surface area contributed by atoms with E-state index in [0.717, 1.165) is 0 Å². The van der Waals surface area contributed by atoms with Crippen LogP contribution in [0.25, 0.3) is 0 Å². The van der Waals surface area contributed by atoms with Crippen LogP contribution < -0.4 is 4.90 Å². The first kappa shape index (κ1) is 22.1. The van der Waals surface area contributed by atoms with Gasteiger partial charge in [-0.05, 0) is 45.4 Å². The molecule has 0 bridgehead atoms. The lowest BCUT2D eigenvalue weighted by Gasteiger charge is -2.27. The van der Waals surface area contributed by atoms with E-state index in [2.05, 4.69) is 25.9 Å². The third-order valence-corrected chi connectivity index (χ3v) is 5.05. The molecule has 2 atom stereocenters. The van der Waals surface area contributed by atoms with Crippen LogP contribution in [0.3, 0.4) is 0 Å². The lowest BCUT2D eigenvalue weighted by atomic mass is 10.2. The monoisotopic (exact) mass is 479 g/mol. The number of ether oxygens (including phenoxy) is 2. The predicted molar refractivity (Wildman–Crippen MR) is 111 cm³/mol. The molecule has 2 aromatic rings. The van der Waals surface area contributed by atoms with Crippen molar-refractivity contribution in [2.24, 2.45) is 5.92 Å². The largest absolute Gasteiger partial charge is 0.469 e. The van der Waals surface area contributed by atoms with Crippen LogP contribution in [0.15, 0.2) is 35.1 Å². The van der Waals surface area contributed by atoms with Crippen molar-refractivity contribution in [1.82, 2.24) is 9.97 Å². The Balaban J connectivity index is 1.85. The highest BCUT2D eigenvalue weighted by atomic mass is 79.9. The summed E-state index contributed by atoms with van der Waals surface area (Å²) < 4.78 is 25.2. The van der Waals surface area contributed by atoms with Crippen LogP contribution in [-0.4, -0.2) is 34.7 Å². The van der Waals surface area contributed by atoms with Crippen molar-refractivity contribution in [2.75, 3.05) is 12.0 Å². The number of rotatable bonds is 5. The fourth-order valence-electron chi connectivity index (χ4n) is 2.99. The zero-order valence-electron chi connectivity index (χ0n) is 17.2. The average molecular weight is 480 g/mol. The van der Waals surface area contributed by atoms with Gasteiger partial charge in [-0.2, -0.15) is 0 Å². The first-order chi connectivity index (χ1) is 14.1. The van der Waals surface area contributed by atoms with Crippen molar-refractivity contribution < 1.29 is 23.5 Å². The first-order valence-corrected chi connectivity index (χ1v) is 10.2. The van der Waals surface area contributed by atoms with Gasteiger partial charge in [-0.15, -0.1) is 0 Å². The standard InChI is InChI=1S/C21H23BrFN3O4/c1-21(2,3)30-20(28)26(11-12-7-13(22)5-6-16(12)23)18-10-24-17(9-25-18)14-8-15(14)19(27)29-4/h5-7,9-10,14-15H,8,11H2,1-4H3/t14-,15-/m0/s1. The molecule has 0 unspecified atom stereocenters. The van der Waals surface area contributed by atoms with Gasteiger partial charge in [-0.25, -0.2) is 14.2 Å². The number of carbonyl (C=O) groups is 2. The summed E-state index contributed by atoms with van der Waals surface area (Å²) in [6.45, 7) is 5.16. The maximum atomic E-state index is 14.3. The number of amides is 1. The van der Waals surface area contributed by atoms with E-state index in [9.17, 15) is 14.0 Å². The minimum atomic E-state index is -0.736. The summed E-state index contributed by atoms with van der Waals surface area (Å²) in [5.74, 6) is -0.756. The normalized spacial score (nSPS) is 17.9. The van der Waals surface area contributed by atoms with Crippen LogP contribution in [0.5, 0.6) is 0 Å². The van der Waals surface area contributed by atoms with Gasteiger partial charge in [0.1, 0.15) is 11.4 Å². The van der Waals surface area contributed by atoms with Crippen LogP contribution in [-0.2, 0) is 20.8 Å². The fraction of sp³-hybridized carbons (Fsp3) is 0.429. The number of anilines is 1. The molecule has 1 amide bonds. The minimum absolute atomic E-state index is 0.0449. The Hall–Kier alpha value is -2.55. The van der Waals surface area contributed by atoms with Crippen molar-refractivity contribution in [3.8, 4) is 0 Å². The summed E-state index contributed by atoms with van der Waals surface area (Å²) in [5.41, 5.74) is 0.210. The quantitative estimate of drug-likeness (QED) is 0.583. The molecule has 0 N–H and O–H groups in total. The molecule has 0 aliphatic heterocycles. The predicted octanol–water partition coefficient (Wildman–Crippen LogP) is 4.60. The minimum Gasteiger partial charge on any atom is -0.469 e. The molecule has 1 aromatic carbocycles. The summed E-state index contributed by atoms with van der Waals surface area (Å²) >= 11 is 3.32. The molecule has 9 heteroatoms. The van der Waals surface area contributed by atoms with E-state index in [4.69, 9.17) is 9.47 Å². The topological polar surface area (TPSA) is 81.6 Å². The second kappa shape index (κ2) is 8.67. The SMILES string of the molecule is COC(=O)[C@H]1C[C@@H]1c1cnc(N(Cc2cc(Br)ccc2F)C(=O)OC(C)(C)C)cn1. The number of halogens is 2. The third kappa shape index (κ3) is 5.33. The van der Waals surface area contributed by atoms with Crippen molar-refractivity contribution in [3.05, 3.63) is 52.1 Å². The molecule has 1 heterocycles. The van der Waals surface area contributed by atoms with Gasteiger partial charge in [0.25, 0.3) is 0 Å². The zero-order chi connectivity index (χ0) is 22.1. The maximum Gasteiger partial charge on any atom is 0.416 e. The molecule has 1 saturated carbocycles. The Morgan fingerprint density at radius 3 is 2.60 bits per heavy atom. The van der Waals surface area contributed by atoms with E-state index < -0.39 is 17.5 Å². The number of aromatic nitrogens is 2. The molecule has 0 saturated heterocycles. The summed E-state index contributed by atoms with van der Waals surface area (Å²) in [5, 5.41) is 0. The van der Waals surface area contributed by atoms with Gasteiger partial charge in [0.2, 0.25) is 0 Å². The van der Waals surface area contributed by atoms with E-state index in [1.807, 2.05) is 0 Å². The molecule has 30 heavy (non-hydrogen) atoms. The van der Waals surface area contributed by atoms with Crippen LogP contribution in [0.2, 0.25) is 0 Å². The molecule has 0 radical (unpaired) electrons. The van der Waals surface area contributed by atoms with E-state index in [0.29, 0.717) is 22.2 Å². The number of nitrogens with zero attached hydrogens (tertiary/aromatic N) is 3. The Bertz CT molecular complexity index is 946. The maximum absolute atomic E-state index is 14.3. The van der Waals surface area contributed by atoms with Gasteiger partial charge in [0, 0.05) is 16.0 Å². The molecule has 3 rings (SSSR count). The smallest absolute Gasteiger partial charge is 0.416 e. The van der Waals surface area contributed by atoms with Gasteiger partial charge in [-0.3, -0.25) is 14.7 Å². The van der Waals surface area contributed by atoms with E-state index in [-0.39, 0.29) is 30.2 Å². The number of benzene rings is 1. The summed E-state index contributed by atoms with van der Waals surface area (Å²) in [4.78, 5) is 34.4. The summed E-state index contributed by atoms with van der Waals surface area (Å²) in [6, 6.07) is 4.50. The number of esters is 1. The number of carbonyl (C=O) groups excluding carboxylic acids is 2. The molecule has 1 aliphatic rings. The highest BCUT2D eigenvalue weighted by Gasteiger charge is 2.46. The first-order valence-electron chi connectivity index (χ1n) is 9.43. The molecule has 7 nitrogen and oxygen atoms in total. The zero-order valence-corrected chi connectivity index (χ0v) is 18.8. The number of hydrogen-bond acceptors (Lipinski definition) is 6. The van der Waals surface area contributed by atoms with Crippen molar-refractivity contribution >= 4 is 33.8 Å². The Labute approximate surface area is 182 Å². The molecule has 1 aromatic heterocycles. The molecule has 0 spiro atoms. The number of methoxy groups -OCH3 is 1. The second-order valence-electron chi connectivity index (χ2n) is 8.07. The van der Waals surface area contributed by atoms with Crippen LogP contribution >= 0.6 is 15.9 Å². The summed E-state index contributed by atoms with van der Waals surface area (Å²) in [6.07, 6.45) is 2.95. The Kier molecular flexibility index (Phi) is 6.40. The Morgan fingerprint density at radius 1 is 1.27 bits per heavy atom. The van der Waals surface area contributed by atoms with E-state index >= 15 is 0 Å². The van der Waals surface area contributed by atoms with Gasteiger partial charge >= 0.3 is 12.1 Å². The van der Waals surface area contributed by atoms with E-state index in [1.165, 1.54) is 30.5 Å². The molecule has 1 fully saturated rings. The van der Waals surface area contributed by atoms with Gasteiger partial charge in [0.05, 0.1) is 37.7 Å². The van der Waals surface area contributed by atoms with Crippen molar-refractivity contribution in [1.29, 1.82) is 0 Å². The van der Waals surface area contributed by atoms with Gasteiger partial charge < -0.3 is 9.47 Å². The van der Waals surface area contributed by atoms with Gasteiger partial charge in [-0.1, -0.05) is 15.9 Å².